The summed E-state index contributed by atoms with van der Waals surface area (Å²) in [5.41, 5.74) is 1.87. The molecular weight excluding hydrogens is 242 g/mol. The Hall–Kier alpha value is -1.70. The van der Waals surface area contributed by atoms with E-state index in [0.29, 0.717) is 5.56 Å². The zero-order valence-corrected chi connectivity index (χ0v) is 11.3. The average molecular weight is 257 g/mol. The molecule has 0 aliphatic rings. The van der Waals surface area contributed by atoms with Gasteiger partial charge in [0.2, 0.25) is 0 Å². The molecular formula is C14H15N3S. The van der Waals surface area contributed by atoms with Gasteiger partial charge in [-0.2, -0.15) is 5.26 Å². The molecule has 2 rings (SSSR count). The van der Waals surface area contributed by atoms with Crippen LogP contribution < -0.4 is 5.32 Å². The van der Waals surface area contributed by atoms with Gasteiger partial charge in [0, 0.05) is 17.6 Å². The van der Waals surface area contributed by atoms with E-state index in [0.717, 1.165) is 11.6 Å². The first kappa shape index (κ1) is 12.7. The van der Waals surface area contributed by atoms with Crippen LogP contribution in [-0.2, 0) is 6.54 Å². The van der Waals surface area contributed by atoms with Gasteiger partial charge in [0.25, 0.3) is 0 Å². The fourth-order valence-corrected chi connectivity index (χ4v) is 2.43. The minimum atomic E-state index is 0.249. The van der Waals surface area contributed by atoms with Crippen LogP contribution in [0.3, 0.4) is 0 Å². The summed E-state index contributed by atoms with van der Waals surface area (Å²) in [5.74, 6) is 0. The van der Waals surface area contributed by atoms with E-state index in [1.54, 1.807) is 11.3 Å². The van der Waals surface area contributed by atoms with Crippen LogP contribution in [0.15, 0.2) is 30.5 Å². The predicted octanol–water partition coefficient (Wildman–Crippen LogP) is 3.17. The van der Waals surface area contributed by atoms with E-state index in [1.165, 1.54) is 10.4 Å². The lowest BCUT2D eigenvalue weighted by Crippen LogP contribution is -2.17. The Morgan fingerprint density at radius 2 is 2.11 bits per heavy atom. The third-order valence-corrected chi connectivity index (χ3v) is 3.80. The number of hydrogen-bond donors (Lipinski definition) is 1. The lowest BCUT2D eigenvalue weighted by atomic mass is 10.1. The van der Waals surface area contributed by atoms with Gasteiger partial charge in [0.1, 0.15) is 5.01 Å². The highest BCUT2D eigenvalue weighted by molar-refractivity contribution is 7.11. The molecule has 0 amide bonds. The Labute approximate surface area is 111 Å². The lowest BCUT2D eigenvalue weighted by molar-refractivity contribution is 0.572. The van der Waals surface area contributed by atoms with E-state index in [1.807, 2.05) is 30.5 Å². The number of aryl methyl sites for hydroxylation is 1. The molecule has 2 aromatic rings. The highest BCUT2D eigenvalue weighted by Crippen LogP contribution is 2.19. The van der Waals surface area contributed by atoms with Crippen molar-refractivity contribution in [3.63, 3.8) is 0 Å². The van der Waals surface area contributed by atoms with Crippen molar-refractivity contribution in [3.8, 4) is 6.07 Å². The van der Waals surface area contributed by atoms with Crippen molar-refractivity contribution < 1.29 is 0 Å². The quantitative estimate of drug-likeness (QED) is 0.915. The molecule has 1 N–H and O–H groups in total. The Bertz CT molecular complexity index is 551. The fourth-order valence-electron chi connectivity index (χ4n) is 1.63. The molecule has 1 heterocycles. The summed E-state index contributed by atoms with van der Waals surface area (Å²) in [5, 5.41) is 13.3. The number of thiazole rings is 1. The molecule has 0 bridgehead atoms. The van der Waals surface area contributed by atoms with Crippen molar-refractivity contribution in [1.29, 1.82) is 5.26 Å². The van der Waals surface area contributed by atoms with E-state index in [-0.39, 0.29) is 6.04 Å². The largest absolute Gasteiger partial charge is 0.304 e. The third-order valence-electron chi connectivity index (χ3n) is 2.70. The van der Waals surface area contributed by atoms with Crippen LogP contribution in [0, 0.1) is 18.3 Å². The normalized spacial score (nSPS) is 12.1. The lowest BCUT2D eigenvalue weighted by Gasteiger charge is -2.11. The summed E-state index contributed by atoms with van der Waals surface area (Å²) >= 11 is 1.72. The van der Waals surface area contributed by atoms with Crippen molar-refractivity contribution in [3.05, 3.63) is 51.5 Å². The summed E-state index contributed by atoms with van der Waals surface area (Å²) in [4.78, 5) is 5.60. The van der Waals surface area contributed by atoms with Gasteiger partial charge in [-0.3, -0.25) is 0 Å². The molecule has 1 atom stereocenters. The van der Waals surface area contributed by atoms with Crippen LogP contribution >= 0.6 is 11.3 Å². The second-order valence-electron chi connectivity index (χ2n) is 4.22. The van der Waals surface area contributed by atoms with Crippen molar-refractivity contribution in [2.24, 2.45) is 0 Å². The molecule has 1 unspecified atom stereocenters. The SMILES string of the molecule is Cc1cnc(C(C)NCc2ccc(C#N)cc2)s1. The van der Waals surface area contributed by atoms with Gasteiger partial charge in [-0.25, -0.2) is 4.98 Å². The summed E-state index contributed by atoms with van der Waals surface area (Å²) in [6.45, 7) is 4.96. The van der Waals surface area contributed by atoms with E-state index in [4.69, 9.17) is 5.26 Å². The molecule has 0 aliphatic heterocycles. The number of nitrogens with zero attached hydrogens (tertiary/aromatic N) is 2. The Morgan fingerprint density at radius 1 is 1.39 bits per heavy atom. The summed E-state index contributed by atoms with van der Waals surface area (Å²) in [6.07, 6.45) is 1.90. The zero-order chi connectivity index (χ0) is 13.0. The number of rotatable bonds is 4. The highest BCUT2D eigenvalue weighted by atomic mass is 32.1. The molecule has 0 saturated carbocycles. The molecule has 3 nitrogen and oxygen atoms in total. The minimum Gasteiger partial charge on any atom is -0.304 e. The Kier molecular flexibility index (Phi) is 4.08. The summed E-state index contributed by atoms with van der Waals surface area (Å²) in [6, 6.07) is 10.0. The topological polar surface area (TPSA) is 48.7 Å². The molecule has 0 radical (unpaired) electrons. The molecule has 1 aromatic heterocycles. The van der Waals surface area contributed by atoms with E-state index in [2.05, 4.69) is 30.2 Å². The number of benzene rings is 1. The molecule has 1 aromatic carbocycles. The van der Waals surface area contributed by atoms with Crippen LogP contribution in [0.5, 0.6) is 0 Å². The first-order valence-electron chi connectivity index (χ1n) is 5.84. The standard InChI is InChI=1S/C14H15N3S/c1-10-8-17-14(18-10)11(2)16-9-13-5-3-12(7-15)4-6-13/h3-6,8,11,16H,9H2,1-2H3. The zero-order valence-electron chi connectivity index (χ0n) is 10.5. The molecule has 0 saturated heterocycles. The van der Waals surface area contributed by atoms with E-state index < -0.39 is 0 Å². The maximum Gasteiger partial charge on any atom is 0.109 e. The fraction of sp³-hybridized carbons (Fsp3) is 0.286. The molecule has 4 heteroatoms. The van der Waals surface area contributed by atoms with Crippen LogP contribution in [0.1, 0.15) is 34.0 Å². The average Bonchev–Trinajstić information content (AvgIpc) is 2.83. The van der Waals surface area contributed by atoms with Crippen LogP contribution in [0.2, 0.25) is 0 Å². The van der Waals surface area contributed by atoms with E-state index >= 15 is 0 Å². The smallest absolute Gasteiger partial charge is 0.109 e. The second-order valence-corrected chi connectivity index (χ2v) is 5.49. The van der Waals surface area contributed by atoms with Gasteiger partial charge in [0.05, 0.1) is 17.7 Å². The summed E-state index contributed by atoms with van der Waals surface area (Å²) < 4.78 is 0. The molecule has 92 valence electrons. The Morgan fingerprint density at radius 3 is 2.67 bits per heavy atom. The monoisotopic (exact) mass is 257 g/mol. The number of nitriles is 1. The van der Waals surface area contributed by atoms with Gasteiger partial charge >= 0.3 is 0 Å². The van der Waals surface area contributed by atoms with Gasteiger partial charge < -0.3 is 5.32 Å². The van der Waals surface area contributed by atoms with Crippen LogP contribution in [0.4, 0.5) is 0 Å². The van der Waals surface area contributed by atoms with E-state index in [9.17, 15) is 0 Å². The number of hydrogen-bond acceptors (Lipinski definition) is 4. The number of nitrogens with one attached hydrogen (secondary N) is 1. The number of aromatic nitrogens is 1. The van der Waals surface area contributed by atoms with Crippen LogP contribution in [0.25, 0.3) is 0 Å². The van der Waals surface area contributed by atoms with Crippen molar-refractivity contribution >= 4 is 11.3 Å². The predicted molar refractivity (Wildman–Crippen MR) is 73.3 cm³/mol. The third kappa shape index (κ3) is 3.16. The summed E-state index contributed by atoms with van der Waals surface area (Å²) in [7, 11) is 0. The molecule has 0 spiro atoms. The maximum absolute atomic E-state index is 8.73. The first-order chi connectivity index (χ1) is 8.69. The van der Waals surface area contributed by atoms with Gasteiger partial charge in [-0.15, -0.1) is 11.3 Å². The van der Waals surface area contributed by atoms with Crippen molar-refractivity contribution in [1.82, 2.24) is 10.3 Å². The Balaban J connectivity index is 1.93. The first-order valence-corrected chi connectivity index (χ1v) is 6.65. The van der Waals surface area contributed by atoms with Crippen LogP contribution in [-0.4, -0.2) is 4.98 Å². The van der Waals surface area contributed by atoms with Gasteiger partial charge in [-0.05, 0) is 31.5 Å². The second kappa shape index (κ2) is 5.76. The molecule has 0 fully saturated rings. The van der Waals surface area contributed by atoms with Crippen molar-refractivity contribution in [2.45, 2.75) is 26.4 Å². The minimum absolute atomic E-state index is 0.249. The maximum atomic E-state index is 8.73. The highest BCUT2D eigenvalue weighted by Gasteiger charge is 2.08. The van der Waals surface area contributed by atoms with Gasteiger partial charge in [-0.1, -0.05) is 12.1 Å². The van der Waals surface area contributed by atoms with Crippen molar-refractivity contribution in [2.75, 3.05) is 0 Å². The van der Waals surface area contributed by atoms with Gasteiger partial charge in [0.15, 0.2) is 0 Å². The molecule has 18 heavy (non-hydrogen) atoms. The molecule has 0 aliphatic carbocycles.